The number of aryl methyl sites for hydroxylation is 4. The zero-order valence-electron chi connectivity index (χ0n) is 23.2. The Labute approximate surface area is 229 Å². The summed E-state index contributed by atoms with van der Waals surface area (Å²) in [6.07, 6.45) is 3.33. The zero-order chi connectivity index (χ0) is 26.9. The topological polar surface area (TPSA) is 38.9 Å². The molecule has 4 heteroatoms. The number of hydrogen-bond acceptors (Lipinski definition) is 3. The Morgan fingerprint density at radius 2 is 1.39 bits per heavy atom. The number of benzene rings is 3. The Balaban J connectivity index is 0.000000181. The van der Waals surface area contributed by atoms with Gasteiger partial charge in [-0.15, -0.1) is 53.6 Å². The van der Waals surface area contributed by atoms with Crippen LogP contribution in [0, 0.1) is 39.8 Å². The Morgan fingerprint density at radius 3 is 2.08 bits per heavy atom. The summed E-state index contributed by atoms with van der Waals surface area (Å²) in [7, 11) is 0. The first kappa shape index (κ1) is 21.7. The second kappa shape index (κ2) is 11.0. The molecule has 0 amide bonds. The molecule has 0 atom stereocenters. The first-order valence-corrected chi connectivity index (χ1v) is 11.4. The molecule has 3 aromatic carbocycles. The van der Waals surface area contributed by atoms with Crippen LogP contribution in [0.4, 0.5) is 0 Å². The van der Waals surface area contributed by atoms with Crippen LogP contribution in [0.5, 0.6) is 0 Å². The maximum Gasteiger partial charge on any atom is 0.123 e. The normalized spacial score (nSPS) is 12.1. The summed E-state index contributed by atoms with van der Waals surface area (Å²) in [5.41, 5.74) is 8.76. The molecule has 3 aromatic heterocycles. The number of hydrogen-bond donors (Lipinski definition) is 0. The van der Waals surface area contributed by atoms with Gasteiger partial charge in [-0.25, -0.2) is 0 Å². The number of furan rings is 1. The molecular formula is C32H26IrN2O-2. The summed E-state index contributed by atoms with van der Waals surface area (Å²) < 4.78 is 28.0. The van der Waals surface area contributed by atoms with Crippen LogP contribution in [0.15, 0.2) is 89.6 Å². The maximum absolute atomic E-state index is 7.37. The molecule has 0 saturated carbocycles. The van der Waals surface area contributed by atoms with Crippen LogP contribution in [-0.2, 0) is 20.1 Å². The monoisotopic (exact) mass is 650 g/mol. The fraction of sp³-hybridized carbons (Fsp3) is 0.125. The average Bonchev–Trinajstić information content (AvgIpc) is 3.28. The van der Waals surface area contributed by atoms with E-state index in [-0.39, 0.29) is 20.1 Å². The van der Waals surface area contributed by atoms with Crippen LogP contribution in [0.3, 0.4) is 0 Å². The number of aromatic nitrogens is 2. The van der Waals surface area contributed by atoms with E-state index in [1.807, 2.05) is 60.8 Å². The summed E-state index contributed by atoms with van der Waals surface area (Å²) in [6.45, 7) is 3.85. The largest absolute Gasteiger partial charge is 0.476 e. The molecule has 0 aliphatic carbocycles. The van der Waals surface area contributed by atoms with Crippen molar-refractivity contribution in [3.05, 3.63) is 120 Å². The molecule has 0 unspecified atom stereocenters. The van der Waals surface area contributed by atoms with Crippen molar-refractivity contribution in [2.24, 2.45) is 0 Å². The first-order chi connectivity index (χ1) is 18.2. The van der Waals surface area contributed by atoms with E-state index in [1.165, 1.54) is 17.3 Å². The Kier molecular flexibility index (Phi) is 6.62. The molecule has 0 N–H and O–H groups in total. The molecule has 0 aliphatic rings. The van der Waals surface area contributed by atoms with Crippen LogP contribution in [-0.4, -0.2) is 9.97 Å². The van der Waals surface area contributed by atoms with Gasteiger partial charge in [-0.2, -0.15) is 0 Å². The van der Waals surface area contributed by atoms with Gasteiger partial charge in [-0.05, 0) is 61.6 Å². The number of rotatable bonds is 2. The van der Waals surface area contributed by atoms with Crippen LogP contribution >= 0.6 is 0 Å². The molecule has 3 nitrogen and oxygen atoms in total. The molecule has 0 saturated heterocycles. The molecule has 36 heavy (non-hydrogen) atoms. The van der Waals surface area contributed by atoms with Crippen molar-refractivity contribution >= 4 is 21.9 Å². The van der Waals surface area contributed by atoms with Crippen LogP contribution in [0.2, 0.25) is 0 Å². The number of para-hydroxylation sites is 1. The van der Waals surface area contributed by atoms with Crippen LogP contribution < -0.4 is 0 Å². The van der Waals surface area contributed by atoms with Crippen molar-refractivity contribution in [2.75, 3.05) is 0 Å². The van der Waals surface area contributed by atoms with Crippen molar-refractivity contribution in [1.82, 2.24) is 9.97 Å². The van der Waals surface area contributed by atoms with Crippen molar-refractivity contribution < 1.29 is 28.6 Å². The van der Waals surface area contributed by atoms with E-state index >= 15 is 0 Å². The molecule has 0 spiro atoms. The van der Waals surface area contributed by atoms with Gasteiger partial charge in [0.05, 0.1) is 5.58 Å². The fourth-order valence-electron chi connectivity index (χ4n) is 3.84. The summed E-state index contributed by atoms with van der Waals surface area (Å²) in [5.74, 6) is 0. The minimum atomic E-state index is -2.10. The van der Waals surface area contributed by atoms with E-state index in [4.69, 9.17) is 8.53 Å². The Morgan fingerprint density at radius 1 is 0.694 bits per heavy atom. The van der Waals surface area contributed by atoms with Gasteiger partial charge in [0, 0.05) is 36.6 Å². The van der Waals surface area contributed by atoms with Gasteiger partial charge in [-0.3, -0.25) is 0 Å². The third-order valence-corrected chi connectivity index (χ3v) is 6.05. The van der Waals surface area contributed by atoms with E-state index in [2.05, 4.69) is 48.1 Å². The second-order valence-corrected chi connectivity index (χ2v) is 8.54. The molecule has 6 rings (SSSR count). The average molecular weight is 650 g/mol. The van der Waals surface area contributed by atoms with E-state index in [0.29, 0.717) is 5.56 Å². The third kappa shape index (κ3) is 5.31. The van der Waals surface area contributed by atoms with E-state index in [9.17, 15) is 0 Å². The standard InChI is InChI=1S/C19H14NO.C13H12N.Ir/c1-12-9-17(20-11-13(12)2)14-7-8-16-15-5-3-4-6-18(15)21-19(16)10-14;1-10-8-13(14-9-11(10)2)12-6-4-3-5-7-12;/h3-6,8-11H,1-2H3;3-6,8-9H,1-2H3;/q2*-1;/i;2D3;. The SMILES string of the molecule is Cc1cnc(-c2[c-]cc3c(c2)oc2ccccc23)cc1C.[2H]C([2H])([2H])c1cnc(-c2[c-]cccc2)cc1C.[Ir]. The molecule has 181 valence electrons. The van der Waals surface area contributed by atoms with Crippen molar-refractivity contribution in [1.29, 1.82) is 0 Å². The van der Waals surface area contributed by atoms with Crippen LogP contribution in [0.25, 0.3) is 44.5 Å². The van der Waals surface area contributed by atoms with Gasteiger partial charge in [0.2, 0.25) is 0 Å². The van der Waals surface area contributed by atoms with Gasteiger partial charge in [0.15, 0.2) is 0 Å². The van der Waals surface area contributed by atoms with E-state index in [1.54, 1.807) is 13.0 Å². The summed E-state index contributed by atoms with van der Waals surface area (Å²) in [5, 5.41) is 2.22. The van der Waals surface area contributed by atoms with Crippen molar-refractivity contribution in [3.8, 4) is 22.5 Å². The van der Waals surface area contributed by atoms with Gasteiger partial charge < -0.3 is 14.4 Å². The molecule has 3 heterocycles. The van der Waals surface area contributed by atoms with Crippen molar-refractivity contribution in [3.63, 3.8) is 0 Å². The van der Waals surface area contributed by atoms with Gasteiger partial charge in [0.25, 0.3) is 0 Å². The summed E-state index contributed by atoms with van der Waals surface area (Å²) in [6, 6.07) is 29.9. The third-order valence-electron chi connectivity index (χ3n) is 6.05. The molecule has 1 radical (unpaired) electrons. The number of nitrogens with zero attached hydrogens (tertiary/aromatic N) is 2. The number of fused-ring (bicyclic) bond motifs is 3. The van der Waals surface area contributed by atoms with Gasteiger partial charge >= 0.3 is 0 Å². The molecule has 0 fully saturated rings. The molecule has 0 bridgehead atoms. The smallest absolute Gasteiger partial charge is 0.123 e. The predicted molar refractivity (Wildman–Crippen MR) is 143 cm³/mol. The minimum absolute atomic E-state index is 0. The maximum atomic E-state index is 7.37. The van der Waals surface area contributed by atoms with Gasteiger partial charge in [-0.1, -0.05) is 52.9 Å². The quantitative estimate of drug-likeness (QED) is 0.178. The summed E-state index contributed by atoms with van der Waals surface area (Å²) >= 11 is 0. The second-order valence-electron chi connectivity index (χ2n) is 8.54. The van der Waals surface area contributed by atoms with E-state index in [0.717, 1.165) is 50.0 Å². The minimum Gasteiger partial charge on any atom is -0.476 e. The zero-order valence-corrected chi connectivity index (χ0v) is 22.6. The van der Waals surface area contributed by atoms with Crippen molar-refractivity contribution in [2.45, 2.75) is 27.6 Å². The van der Waals surface area contributed by atoms with E-state index < -0.39 is 6.85 Å². The Hall–Kier alpha value is -3.59. The molecule has 6 aromatic rings. The number of pyridine rings is 2. The predicted octanol–water partition coefficient (Wildman–Crippen LogP) is 8.23. The molecule has 0 aliphatic heterocycles. The fourth-order valence-corrected chi connectivity index (χ4v) is 3.84. The van der Waals surface area contributed by atoms with Gasteiger partial charge in [0.1, 0.15) is 5.58 Å². The van der Waals surface area contributed by atoms with Crippen LogP contribution in [0.1, 0.15) is 26.4 Å². The summed E-state index contributed by atoms with van der Waals surface area (Å²) in [4.78, 5) is 8.68. The molecular weight excluding hydrogens is 621 g/mol. The Bertz CT molecular complexity index is 1740. The first-order valence-electron chi connectivity index (χ1n) is 12.9.